The zero-order chi connectivity index (χ0) is 23.0. The van der Waals surface area contributed by atoms with Crippen molar-refractivity contribution in [1.82, 2.24) is 9.80 Å². The first-order valence-electron chi connectivity index (χ1n) is 9.42. The summed E-state index contributed by atoms with van der Waals surface area (Å²) in [6.07, 6.45) is -5.91. The van der Waals surface area contributed by atoms with Gasteiger partial charge in [-0.25, -0.2) is 4.79 Å². The number of anilines is 1. The molecule has 10 heteroatoms. The average Bonchev–Trinajstić information content (AvgIpc) is 2.64. The highest BCUT2D eigenvalue weighted by molar-refractivity contribution is 6.30. The summed E-state index contributed by atoms with van der Waals surface area (Å²) in [5.41, 5.74) is -0.759. The molecular formula is C21H22ClF3N4O2. The van der Waals surface area contributed by atoms with Crippen molar-refractivity contribution >= 4 is 29.3 Å². The van der Waals surface area contributed by atoms with Crippen molar-refractivity contribution in [3.63, 3.8) is 0 Å². The Hall–Kier alpha value is -2.78. The predicted octanol–water partition coefficient (Wildman–Crippen LogP) is 5.14. The molecule has 0 spiro atoms. The van der Waals surface area contributed by atoms with Crippen LogP contribution in [0, 0.1) is 0 Å². The maximum Gasteiger partial charge on any atom is 0.416 e. The number of aliphatic hydroxyl groups is 1. The van der Waals surface area contributed by atoms with E-state index in [1.165, 1.54) is 21.9 Å². The Morgan fingerprint density at radius 2 is 1.77 bits per heavy atom. The van der Waals surface area contributed by atoms with Crippen molar-refractivity contribution < 1.29 is 23.1 Å². The minimum absolute atomic E-state index is 0.0627. The lowest BCUT2D eigenvalue weighted by Gasteiger charge is -2.46. The number of alkyl halides is 3. The molecular weight excluding hydrogens is 433 g/mol. The van der Waals surface area contributed by atoms with Crippen LogP contribution in [-0.4, -0.2) is 38.8 Å². The molecule has 0 radical (unpaired) electrons. The van der Waals surface area contributed by atoms with E-state index in [1.54, 1.807) is 45.0 Å². The second kappa shape index (κ2) is 8.39. The monoisotopic (exact) mass is 454 g/mol. The number of rotatable bonds is 3. The number of hydrogen-bond donors (Lipinski definition) is 2. The zero-order valence-corrected chi connectivity index (χ0v) is 17.9. The second-order valence-corrected chi connectivity index (χ2v) is 8.50. The highest BCUT2D eigenvalue weighted by Crippen LogP contribution is 2.31. The van der Waals surface area contributed by atoms with Gasteiger partial charge in [0.2, 0.25) is 12.3 Å². The number of amides is 2. The van der Waals surface area contributed by atoms with E-state index >= 15 is 0 Å². The first kappa shape index (κ1) is 22.9. The predicted molar refractivity (Wildman–Crippen MR) is 112 cm³/mol. The number of guanidine groups is 1. The minimum Gasteiger partial charge on any atom is -0.356 e. The van der Waals surface area contributed by atoms with Gasteiger partial charge < -0.3 is 10.4 Å². The molecule has 1 unspecified atom stereocenters. The van der Waals surface area contributed by atoms with E-state index in [0.29, 0.717) is 5.02 Å². The molecule has 2 amide bonds. The average molecular weight is 455 g/mol. The number of carbonyl (C=O) groups is 1. The van der Waals surface area contributed by atoms with Crippen LogP contribution in [0.3, 0.4) is 0 Å². The molecule has 0 bridgehead atoms. The summed E-state index contributed by atoms with van der Waals surface area (Å²) in [6.45, 7) is 5.36. The summed E-state index contributed by atoms with van der Waals surface area (Å²) in [4.78, 5) is 19.2. The van der Waals surface area contributed by atoms with Crippen molar-refractivity contribution in [2.45, 2.75) is 45.4 Å². The Morgan fingerprint density at radius 3 is 2.35 bits per heavy atom. The molecule has 0 fully saturated rings. The van der Waals surface area contributed by atoms with Crippen LogP contribution in [0.5, 0.6) is 0 Å². The van der Waals surface area contributed by atoms with Gasteiger partial charge in [-0.2, -0.15) is 18.2 Å². The first-order valence-corrected chi connectivity index (χ1v) is 9.79. The molecule has 0 aliphatic carbocycles. The molecule has 1 atom stereocenters. The van der Waals surface area contributed by atoms with E-state index in [4.69, 9.17) is 11.6 Å². The van der Waals surface area contributed by atoms with Gasteiger partial charge in [-0.1, -0.05) is 29.8 Å². The normalized spacial score (nSPS) is 17.6. The van der Waals surface area contributed by atoms with Gasteiger partial charge in [0.15, 0.2) is 0 Å². The van der Waals surface area contributed by atoms with Gasteiger partial charge in [0, 0.05) is 16.2 Å². The van der Waals surface area contributed by atoms with Gasteiger partial charge in [0.05, 0.1) is 12.1 Å². The fraction of sp³-hybridized carbons (Fsp3) is 0.333. The smallest absolute Gasteiger partial charge is 0.356 e. The lowest BCUT2D eigenvalue weighted by molar-refractivity contribution is -0.137. The van der Waals surface area contributed by atoms with Gasteiger partial charge >= 0.3 is 12.2 Å². The van der Waals surface area contributed by atoms with Crippen LogP contribution in [0.4, 0.5) is 23.7 Å². The lowest BCUT2D eigenvalue weighted by Crippen LogP contribution is -2.63. The Balaban J connectivity index is 1.98. The number of hydrogen-bond acceptors (Lipinski definition) is 4. The van der Waals surface area contributed by atoms with E-state index in [9.17, 15) is 23.1 Å². The number of nitrogens with zero attached hydrogens (tertiary/aromatic N) is 3. The van der Waals surface area contributed by atoms with Gasteiger partial charge in [-0.3, -0.25) is 9.80 Å². The van der Waals surface area contributed by atoms with Crippen LogP contribution in [0.25, 0.3) is 0 Å². The van der Waals surface area contributed by atoms with Crippen molar-refractivity contribution in [2.24, 2.45) is 4.99 Å². The van der Waals surface area contributed by atoms with Crippen LogP contribution in [0.1, 0.15) is 31.9 Å². The van der Waals surface area contributed by atoms with E-state index in [0.717, 1.165) is 17.7 Å². The molecule has 1 heterocycles. The fourth-order valence-corrected chi connectivity index (χ4v) is 3.26. The largest absolute Gasteiger partial charge is 0.416 e. The molecule has 166 valence electrons. The van der Waals surface area contributed by atoms with E-state index < -0.39 is 29.7 Å². The minimum atomic E-state index is -4.52. The summed E-state index contributed by atoms with van der Waals surface area (Å²) < 4.78 is 39.2. The number of benzene rings is 2. The van der Waals surface area contributed by atoms with Gasteiger partial charge in [-0.05, 0) is 56.7 Å². The molecule has 6 nitrogen and oxygen atoms in total. The van der Waals surface area contributed by atoms with Crippen LogP contribution >= 0.6 is 11.6 Å². The topological polar surface area (TPSA) is 68.2 Å². The highest BCUT2D eigenvalue weighted by Gasteiger charge is 2.41. The van der Waals surface area contributed by atoms with E-state index in [1.807, 2.05) is 0 Å². The molecule has 0 saturated heterocycles. The SMILES string of the molecule is CC(C)(C)N1C(=O)N=C(Nc2cccc(C(F)(F)F)c2)N(Cc2ccc(Cl)cc2)C1O. The maximum atomic E-state index is 13.1. The fourth-order valence-electron chi connectivity index (χ4n) is 3.13. The zero-order valence-electron chi connectivity index (χ0n) is 17.1. The molecule has 0 aromatic heterocycles. The number of urea groups is 1. The summed E-state index contributed by atoms with van der Waals surface area (Å²) in [5.74, 6) is -0.0627. The standard InChI is InChI=1S/C21H22ClF3N4O2/c1-20(2,3)29-18(30)27-17(26-16-6-4-5-14(11-16)21(23,24)25)28(19(29)31)12-13-7-9-15(22)10-8-13/h4-11,19,31H,12H2,1-3H3,(H,26,27,30). The third-order valence-electron chi connectivity index (χ3n) is 4.62. The maximum absolute atomic E-state index is 13.1. The number of aliphatic imine (C=N–C) groups is 1. The van der Waals surface area contributed by atoms with Crippen LogP contribution in [-0.2, 0) is 12.7 Å². The number of nitrogens with one attached hydrogen (secondary N) is 1. The third-order valence-corrected chi connectivity index (χ3v) is 4.88. The Bertz CT molecular complexity index is 987. The van der Waals surface area contributed by atoms with Crippen LogP contribution in [0.15, 0.2) is 53.5 Å². The molecule has 0 saturated carbocycles. The number of carbonyl (C=O) groups excluding carboxylic acids is 1. The lowest BCUT2D eigenvalue weighted by atomic mass is 10.1. The van der Waals surface area contributed by atoms with Gasteiger partial charge in [0.1, 0.15) is 0 Å². The third kappa shape index (κ3) is 5.29. The quantitative estimate of drug-likeness (QED) is 0.674. The molecule has 2 N–H and O–H groups in total. The Labute approximate surface area is 182 Å². The van der Waals surface area contributed by atoms with Crippen molar-refractivity contribution in [3.05, 3.63) is 64.7 Å². The van der Waals surface area contributed by atoms with Gasteiger partial charge in [-0.15, -0.1) is 0 Å². The first-order chi connectivity index (χ1) is 14.4. The summed E-state index contributed by atoms with van der Waals surface area (Å²) >= 11 is 5.93. The summed E-state index contributed by atoms with van der Waals surface area (Å²) in [6, 6.07) is 10.7. The molecule has 31 heavy (non-hydrogen) atoms. The van der Waals surface area contributed by atoms with Crippen LogP contribution in [0.2, 0.25) is 5.02 Å². The van der Waals surface area contributed by atoms with Crippen molar-refractivity contribution in [2.75, 3.05) is 5.32 Å². The Kier molecular flexibility index (Phi) is 6.20. The van der Waals surface area contributed by atoms with E-state index in [2.05, 4.69) is 10.3 Å². The molecule has 1 aliphatic heterocycles. The van der Waals surface area contributed by atoms with E-state index in [-0.39, 0.29) is 18.2 Å². The molecule has 2 aromatic rings. The summed E-state index contributed by atoms with van der Waals surface area (Å²) in [5, 5.41) is 14.3. The molecule has 1 aliphatic rings. The van der Waals surface area contributed by atoms with Crippen molar-refractivity contribution in [1.29, 1.82) is 0 Å². The molecule has 3 rings (SSSR count). The van der Waals surface area contributed by atoms with Crippen molar-refractivity contribution in [3.8, 4) is 0 Å². The second-order valence-electron chi connectivity index (χ2n) is 8.06. The van der Waals surface area contributed by atoms with Crippen LogP contribution < -0.4 is 5.32 Å². The van der Waals surface area contributed by atoms with Gasteiger partial charge in [0.25, 0.3) is 0 Å². The molecule has 2 aromatic carbocycles. The summed E-state index contributed by atoms with van der Waals surface area (Å²) in [7, 11) is 0. The Morgan fingerprint density at radius 1 is 1.13 bits per heavy atom. The number of halogens is 4. The number of aliphatic hydroxyl groups excluding tert-OH is 1. The highest BCUT2D eigenvalue weighted by atomic mass is 35.5.